The van der Waals surface area contributed by atoms with Gasteiger partial charge < -0.3 is 14.1 Å². The minimum absolute atomic E-state index is 0.0167. The highest BCUT2D eigenvalue weighted by atomic mass is 16.5. The van der Waals surface area contributed by atoms with Crippen LogP contribution in [0.15, 0.2) is 53.4 Å². The number of carbonyl (C=O) groups excluding carboxylic acids is 1. The van der Waals surface area contributed by atoms with Crippen molar-refractivity contribution >= 4 is 5.91 Å². The van der Waals surface area contributed by atoms with Crippen molar-refractivity contribution in [1.29, 1.82) is 0 Å². The zero-order valence-electron chi connectivity index (χ0n) is 17.4. The second-order valence-electron chi connectivity index (χ2n) is 8.20. The van der Waals surface area contributed by atoms with Gasteiger partial charge in [0.2, 0.25) is 0 Å². The largest absolute Gasteiger partial charge is 0.490 e. The van der Waals surface area contributed by atoms with E-state index in [9.17, 15) is 4.79 Å². The zero-order chi connectivity index (χ0) is 21.0. The van der Waals surface area contributed by atoms with E-state index in [1.165, 1.54) is 0 Å². The number of amides is 1. The number of pyridine rings is 1. The monoisotopic (exact) mass is 421 g/mol. The molecule has 0 saturated carbocycles. The van der Waals surface area contributed by atoms with Crippen LogP contribution in [0, 0.1) is 0 Å². The minimum atomic E-state index is -0.0167. The molecule has 31 heavy (non-hydrogen) atoms. The van der Waals surface area contributed by atoms with E-state index in [4.69, 9.17) is 9.15 Å². The summed E-state index contributed by atoms with van der Waals surface area (Å²) in [5, 5.41) is 7.09. The van der Waals surface area contributed by atoms with Gasteiger partial charge in [-0.05, 0) is 49.9 Å². The van der Waals surface area contributed by atoms with Gasteiger partial charge in [0.15, 0.2) is 11.5 Å². The zero-order valence-corrected chi connectivity index (χ0v) is 17.4. The summed E-state index contributed by atoms with van der Waals surface area (Å²) in [7, 11) is 0. The van der Waals surface area contributed by atoms with Crippen molar-refractivity contribution in [2.75, 3.05) is 26.2 Å². The van der Waals surface area contributed by atoms with Gasteiger partial charge in [-0.25, -0.2) is 0 Å². The van der Waals surface area contributed by atoms with E-state index in [1.807, 2.05) is 29.2 Å². The predicted octanol–water partition coefficient (Wildman–Crippen LogP) is 3.21. The van der Waals surface area contributed by atoms with Crippen LogP contribution in [0.5, 0.6) is 5.75 Å². The highest BCUT2D eigenvalue weighted by Crippen LogP contribution is 2.25. The van der Waals surface area contributed by atoms with Gasteiger partial charge in [0.1, 0.15) is 17.5 Å². The molecule has 3 aromatic heterocycles. The Morgan fingerprint density at radius 2 is 1.84 bits per heavy atom. The lowest BCUT2D eigenvalue weighted by Crippen LogP contribution is -2.50. The fourth-order valence-corrected chi connectivity index (χ4v) is 4.55. The Morgan fingerprint density at radius 1 is 1.06 bits per heavy atom. The summed E-state index contributed by atoms with van der Waals surface area (Å²) < 4.78 is 11.4. The molecule has 2 fully saturated rings. The van der Waals surface area contributed by atoms with Crippen LogP contribution in [0.25, 0.3) is 11.5 Å². The van der Waals surface area contributed by atoms with Crippen molar-refractivity contribution in [2.24, 2.45) is 0 Å². The number of likely N-dealkylation sites (tertiary alicyclic amines) is 2. The second-order valence-corrected chi connectivity index (χ2v) is 8.20. The SMILES string of the molecule is O=C(c1cc(-c2ccco2)[nH]n1)N1CCC(N2CCC(Oc3ccncc3)CC2)CC1. The van der Waals surface area contributed by atoms with E-state index in [0.717, 1.165) is 63.3 Å². The summed E-state index contributed by atoms with van der Waals surface area (Å²) in [4.78, 5) is 21.4. The summed E-state index contributed by atoms with van der Waals surface area (Å²) in [6.07, 6.45) is 9.46. The van der Waals surface area contributed by atoms with E-state index in [-0.39, 0.29) is 12.0 Å². The number of ether oxygens (including phenoxy) is 1. The van der Waals surface area contributed by atoms with Crippen molar-refractivity contribution in [2.45, 2.75) is 37.8 Å². The number of piperidine rings is 2. The van der Waals surface area contributed by atoms with Crippen molar-refractivity contribution in [3.63, 3.8) is 0 Å². The molecule has 0 radical (unpaired) electrons. The Morgan fingerprint density at radius 3 is 2.55 bits per heavy atom. The number of rotatable bonds is 5. The fourth-order valence-electron chi connectivity index (χ4n) is 4.55. The molecule has 1 N–H and O–H groups in total. The third kappa shape index (κ3) is 4.49. The first-order valence-corrected chi connectivity index (χ1v) is 11.0. The van der Waals surface area contributed by atoms with Gasteiger partial charge in [-0.3, -0.25) is 19.8 Å². The first kappa shape index (κ1) is 19.8. The second kappa shape index (κ2) is 8.93. The topological polar surface area (TPSA) is 87.5 Å². The average molecular weight is 422 g/mol. The third-order valence-electron chi connectivity index (χ3n) is 6.28. The number of nitrogens with zero attached hydrogens (tertiary/aromatic N) is 4. The molecule has 5 rings (SSSR count). The van der Waals surface area contributed by atoms with Gasteiger partial charge in [-0.15, -0.1) is 0 Å². The maximum Gasteiger partial charge on any atom is 0.274 e. The number of furan rings is 1. The van der Waals surface area contributed by atoms with Crippen LogP contribution in [0.1, 0.15) is 36.2 Å². The summed E-state index contributed by atoms with van der Waals surface area (Å²) in [5.74, 6) is 1.56. The summed E-state index contributed by atoms with van der Waals surface area (Å²) >= 11 is 0. The molecule has 2 aliphatic rings. The molecular weight excluding hydrogens is 394 g/mol. The number of H-pyrrole nitrogens is 1. The Balaban J connectivity index is 1.10. The lowest BCUT2D eigenvalue weighted by molar-refractivity contribution is 0.0422. The number of nitrogens with one attached hydrogen (secondary N) is 1. The van der Waals surface area contributed by atoms with E-state index in [2.05, 4.69) is 20.1 Å². The Labute approximate surface area is 181 Å². The molecular formula is C23H27N5O3. The highest BCUT2D eigenvalue weighted by molar-refractivity contribution is 5.93. The van der Waals surface area contributed by atoms with E-state index >= 15 is 0 Å². The van der Waals surface area contributed by atoms with Gasteiger partial charge in [-0.2, -0.15) is 5.10 Å². The van der Waals surface area contributed by atoms with E-state index < -0.39 is 0 Å². The van der Waals surface area contributed by atoms with Crippen molar-refractivity contribution in [1.82, 2.24) is 25.0 Å². The molecule has 0 atom stereocenters. The Kier molecular flexibility index (Phi) is 5.71. The number of hydrogen-bond acceptors (Lipinski definition) is 6. The highest BCUT2D eigenvalue weighted by Gasteiger charge is 2.31. The quantitative estimate of drug-likeness (QED) is 0.681. The van der Waals surface area contributed by atoms with Crippen LogP contribution < -0.4 is 4.74 Å². The standard InChI is InChI=1S/C23H27N5O3/c29-23(21-16-20(25-26-21)22-2-1-15-30-22)28-11-5-17(6-12-28)27-13-7-19(8-14-27)31-18-3-9-24-10-4-18/h1-4,9-10,15-17,19H,5-8,11-14H2,(H,25,26). The van der Waals surface area contributed by atoms with Crippen LogP contribution >= 0.6 is 0 Å². The van der Waals surface area contributed by atoms with Crippen LogP contribution in [-0.2, 0) is 0 Å². The smallest absolute Gasteiger partial charge is 0.274 e. The molecule has 2 aliphatic heterocycles. The molecule has 0 aromatic carbocycles. The molecule has 0 spiro atoms. The molecule has 162 valence electrons. The van der Waals surface area contributed by atoms with Crippen LogP contribution in [0.3, 0.4) is 0 Å². The molecule has 1 amide bonds. The van der Waals surface area contributed by atoms with E-state index in [1.54, 1.807) is 24.7 Å². The van der Waals surface area contributed by atoms with Crippen LogP contribution in [-0.4, -0.2) is 69.2 Å². The third-order valence-corrected chi connectivity index (χ3v) is 6.28. The normalized spacial score (nSPS) is 18.9. The Hall–Kier alpha value is -3.13. The van der Waals surface area contributed by atoms with Crippen LogP contribution in [0.2, 0.25) is 0 Å². The lowest BCUT2D eigenvalue weighted by atomic mass is 9.98. The molecule has 8 heteroatoms. The van der Waals surface area contributed by atoms with Gasteiger partial charge in [0.05, 0.1) is 6.26 Å². The molecule has 0 aliphatic carbocycles. The average Bonchev–Trinajstić information content (AvgIpc) is 3.52. The molecule has 5 heterocycles. The van der Waals surface area contributed by atoms with Gasteiger partial charge >= 0.3 is 0 Å². The maximum absolute atomic E-state index is 12.9. The first-order valence-electron chi connectivity index (χ1n) is 11.0. The molecule has 2 saturated heterocycles. The summed E-state index contributed by atoms with van der Waals surface area (Å²) in [6.45, 7) is 3.61. The van der Waals surface area contributed by atoms with Gasteiger partial charge in [0, 0.05) is 50.7 Å². The fraction of sp³-hybridized carbons (Fsp3) is 0.435. The van der Waals surface area contributed by atoms with Crippen molar-refractivity contribution in [3.05, 3.63) is 54.7 Å². The van der Waals surface area contributed by atoms with Gasteiger partial charge in [0.25, 0.3) is 5.91 Å². The molecule has 3 aromatic rings. The van der Waals surface area contributed by atoms with E-state index in [0.29, 0.717) is 17.5 Å². The summed E-state index contributed by atoms with van der Waals surface area (Å²) in [5.41, 5.74) is 1.17. The first-order chi connectivity index (χ1) is 15.3. The van der Waals surface area contributed by atoms with Crippen molar-refractivity contribution in [3.8, 4) is 17.2 Å². The number of aromatic nitrogens is 3. The van der Waals surface area contributed by atoms with Gasteiger partial charge in [-0.1, -0.05) is 0 Å². The molecule has 8 nitrogen and oxygen atoms in total. The maximum atomic E-state index is 12.9. The molecule has 0 unspecified atom stereocenters. The number of carbonyl (C=O) groups is 1. The lowest BCUT2D eigenvalue weighted by Gasteiger charge is -2.41. The summed E-state index contributed by atoms with van der Waals surface area (Å²) in [6, 6.07) is 9.78. The molecule has 0 bridgehead atoms. The minimum Gasteiger partial charge on any atom is -0.490 e. The number of hydrogen-bond donors (Lipinski definition) is 1. The van der Waals surface area contributed by atoms with Crippen LogP contribution in [0.4, 0.5) is 0 Å². The van der Waals surface area contributed by atoms with Crippen molar-refractivity contribution < 1.29 is 13.9 Å². The predicted molar refractivity (Wildman–Crippen MR) is 115 cm³/mol. The number of aromatic amines is 1. The Bertz CT molecular complexity index is 972.